The summed E-state index contributed by atoms with van der Waals surface area (Å²) in [5.74, 6) is 0.501. The van der Waals surface area contributed by atoms with Crippen molar-refractivity contribution in [1.29, 1.82) is 0 Å². The van der Waals surface area contributed by atoms with E-state index in [1.807, 2.05) is 32.6 Å². The number of likely N-dealkylation sites (tertiary alicyclic amines) is 1. The van der Waals surface area contributed by atoms with Gasteiger partial charge in [-0.3, -0.25) is 4.79 Å². The van der Waals surface area contributed by atoms with Crippen LogP contribution in [0.1, 0.15) is 53.9 Å². The number of nitrogens with one attached hydrogen (secondary N) is 1. The van der Waals surface area contributed by atoms with Gasteiger partial charge in [-0.05, 0) is 31.1 Å². The lowest BCUT2D eigenvalue weighted by molar-refractivity contribution is -0.143. The van der Waals surface area contributed by atoms with Gasteiger partial charge in [-0.1, -0.05) is 34.6 Å². The van der Waals surface area contributed by atoms with Crippen molar-refractivity contribution in [3.8, 4) is 0 Å². The minimum absolute atomic E-state index is 0.00391. The zero-order valence-electron chi connectivity index (χ0n) is 16.2. The first-order valence-electron chi connectivity index (χ1n) is 9.13. The van der Waals surface area contributed by atoms with Crippen LogP contribution >= 0.6 is 0 Å². The van der Waals surface area contributed by atoms with Gasteiger partial charge in [0.05, 0.1) is 19.3 Å². The molecule has 1 heterocycles. The molecule has 1 aliphatic carbocycles. The van der Waals surface area contributed by atoms with Crippen molar-refractivity contribution in [2.45, 2.75) is 78.1 Å². The van der Waals surface area contributed by atoms with E-state index in [2.05, 4.69) is 17.0 Å². The van der Waals surface area contributed by atoms with E-state index in [1.165, 1.54) is 7.11 Å². The van der Waals surface area contributed by atoms with Gasteiger partial charge in [0.15, 0.2) is 0 Å². The fraction of sp³-hybridized carbons (Fsp3) is 0.889. The molecule has 0 aromatic carbocycles. The van der Waals surface area contributed by atoms with Gasteiger partial charge in [-0.25, -0.2) is 4.79 Å². The lowest BCUT2D eigenvalue weighted by Gasteiger charge is -2.41. The Morgan fingerprint density at radius 1 is 1.21 bits per heavy atom. The first kappa shape index (κ1) is 20.7. The average Bonchev–Trinajstić information content (AvgIpc) is 3.17. The minimum Gasteiger partial charge on any atom is -0.453 e. The number of carbonyl (C=O) groups excluding carboxylic acids is 2. The summed E-state index contributed by atoms with van der Waals surface area (Å²) in [6.45, 7) is 9.98. The maximum atomic E-state index is 13.1. The zero-order valence-corrected chi connectivity index (χ0v) is 16.2. The van der Waals surface area contributed by atoms with Crippen molar-refractivity contribution in [2.24, 2.45) is 11.8 Å². The molecule has 0 aromatic rings. The van der Waals surface area contributed by atoms with E-state index >= 15 is 0 Å². The number of alkyl carbamates (subject to hydrolysis) is 1. The molecular formula is C18H34N2O4. The number of rotatable bonds is 5. The average molecular weight is 342 g/mol. The molecule has 2 aliphatic rings. The van der Waals surface area contributed by atoms with Gasteiger partial charge in [0.2, 0.25) is 5.91 Å². The minimum atomic E-state index is -0.562. The van der Waals surface area contributed by atoms with Crippen molar-refractivity contribution in [1.82, 2.24) is 10.2 Å². The molecule has 0 aromatic heterocycles. The van der Waals surface area contributed by atoms with E-state index in [-0.39, 0.29) is 30.0 Å². The summed E-state index contributed by atoms with van der Waals surface area (Å²) >= 11 is 0. The van der Waals surface area contributed by atoms with E-state index in [1.54, 1.807) is 7.11 Å². The first-order valence-corrected chi connectivity index (χ1v) is 9.13. The SMILES string of the molecule is CC.CC[C@@H]1[C@H]2C[C@H](OC)[C@H](C2)N1C(=O)[C@@H](NC(=O)OC)C(C)C. The topological polar surface area (TPSA) is 67.9 Å². The van der Waals surface area contributed by atoms with Crippen LogP contribution in [0.25, 0.3) is 0 Å². The van der Waals surface area contributed by atoms with Crippen LogP contribution in [-0.2, 0) is 14.3 Å². The van der Waals surface area contributed by atoms with E-state index in [4.69, 9.17) is 4.74 Å². The van der Waals surface area contributed by atoms with Crippen molar-refractivity contribution < 1.29 is 19.1 Å². The van der Waals surface area contributed by atoms with Gasteiger partial charge < -0.3 is 19.7 Å². The monoisotopic (exact) mass is 342 g/mol. The largest absolute Gasteiger partial charge is 0.453 e. The van der Waals surface area contributed by atoms with Crippen LogP contribution in [0.15, 0.2) is 0 Å². The van der Waals surface area contributed by atoms with E-state index in [0.717, 1.165) is 19.3 Å². The molecule has 2 amide bonds. The Labute approximate surface area is 146 Å². The summed E-state index contributed by atoms with van der Waals surface area (Å²) in [6.07, 6.45) is 2.52. The number of carbonyl (C=O) groups is 2. The maximum absolute atomic E-state index is 13.1. The smallest absolute Gasteiger partial charge is 0.407 e. The Morgan fingerprint density at radius 3 is 2.29 bits per heavy atom. The Hall–Kier alpha value is -1.30. The summed E-state index contributed by atoms with van der Waals surface area (Å²) in [4.78, 5) is 26.6. The maximum Gasteiger partial charge on any atom is 0.407 e. The lowest BCUT2D eigenvalue weighted by atomic mass is 9.93. The fourth-order valence-corrected chi connectivity index (χ4v) is 4.06. The van der Waals surface area contributed by atoms with Gasteiger partial charge in [0.1, 0.15) is 6.04 Å². The van der Waals surface area contributed by atoms with Gasteiger partial charge in [0.25, 0.3) is 0 Å². The number of hydrogen-bond acceptors (Lipinski definition) is 4. The predicted octanol–water partition coefficient (Wildman–Crippen LogP) is 2.81. The molecule has 2 rings (SSSR count). The summed E-state index contributed by atoms with van der Waals surface area (Å²) in [6, 6.07) is -0.170. The van der Waals surface area contributed by atoms with Crippen LogP contribution in [0.2, 0.25) is 0 Å². The van der Waals surface area contributed by atoms with Crippen molar-refractivity contribution in [3.05, 3.63) is 0 Å². The molecular weight excluding hydrogens is 308 g/mol. The van der Waals surface area contributed by atoms with Crippen LogP contribution in [0.5, 0.6) is 0 Å². The normalized spacial score (nSPS) is 29.1. The van der Waals surface area contributed by atoms with Gasteiger partial charge in [-0.15, -0.1) is 0 Å². The summed E-state index contributed by atoms with van der Waals surface area (Å²) in [7, 11) is 3.02. The molecule has 1 saturated carbocycles. The van der Waals surface area contributed by atoms with Crippen molar-refractivity contribution in [2.75, 3.05) is 14.2 Å². The summed E-state index contributed by atoms with van der Waals surface area (Å²) in [5.41, 5.74) is 0. The van der Waals surface area contributed by atoms with Crippen LogP contribution in [-0.4, -0.2) is 55.3 Å². The Balaban J connectivity index is 0.00000139. The second-order valence-electron chi connectivity index (χ2n) is 6.65. The van der Waals surface area contributed by atoms with Crippen LogP contribution in [0.3, 0.4) is 0 Å². The van der Waals surface area contributed by atoms with Crippen molar-refractivity contribution in [3.63, 3.8) is 0 Å². The highest BCUT2D eigenvalue weighted by molar-refractivity contribution is 5.87. The first-order chi connectivity index (χ1) is 11.4. The highest BCUT2D eigenvalue weighted by Crippen LogP contribution is 2.45. The molecule has 0 spiro atoms. The Bertz CT molecular complexity index is 427. The number of methoxy groups -OCH3 is 2. The van der Waals surface area contributed by atoms with E-state index in [9.17, 15) is 9.59 Å². The number of ether oxygens (including phenoxy) is 2. The standard InChI is InChI=1S/C16H28N2O4.C2H6/c1-6-11-10-7-12(13(8-10)21-4)18(11)15(19)14(9(2)3)17-16(20)22-5;1-2/h9-14H,6-8H2,1-5H3,(H,17,20);1-2H3/t10-,11-,12+,13+,14+;/m1./s1. The van der Waals surface area contributed by atoms with Gasteiger partial charge in [0, 0.05) is 13.2 Å². The van der Waals surface area contributed by atoms with Gasteiger partial charge in [-0.2, -0.15) is 0 Å². The third kappa shape index (κ3) is 4.02. The highest BCUT2D eigenvalue weighted by atomic mass is 16.5. The predicted molar refractivity (Wildman–Crippen MR) is 93.7 cm³/mol. The molecule has 2 fully saturated rings. The summed E-state index contributed by atoms with van der Waals surface area (Å²) < 4.78 is 10.2. The third-order valence-corrected chi connectivity index (χ3v) is 5.13. The molecule has 1 aliphatic heterocycles. The van der Waals surface area contributed by atoms with E-state index in [0.29, 0.717) is 5.92 Å². The third-order valence-electron chi connectivity index (χ3n) is 5.13. The molecule has 140 valence electrons. The zero-order chi connectivity index (χ0) is 18.4. The fourth-order valence-electron chi connectivity index (χ4n) is 4.06. The van der Waals surface area contributed by atoms with E-state index < -0.39 is 12.1 Å². The number of hydrogen-bond donors (Lipinski definition) is 1. The number of nitrogens with zero attached hydrogens (tertiary/aromatic N) is 1. The number of piperidine rings is 1. The molecule has 0 radical (unpaired) electrons. The molecule has 1 saturated heterocycles. The Morgan fingerprint density at radius 2 is 1.83 bits per heavy atom. The summed E-state index contributed by atoms with van der Waals surface area (Å²) in [5, 5.41) is 2.69. The quantitative estimate of drug-likeness (QED) is 0.834. The highest BCUT2D eigenvalue weighted by Gasteiger charge is 2.53. The second kappa shape index (κ2) is 9.25. The number of amides is 2. The lowest BCUT2D eigenvalue weighted by Crippen LogP contribution is -2.58. The molecule has 5 atom stereocenters. The van der Waals surface area contributed by atoms with Crippen LogP contribution in [0, 0.1) is 11.8 Å². The molecule has 6 heteroatoms. The molecule has 6 nitrogen and oxygen atoms in total. The second-order valence-corrected chi connectivity index (χ2v) is 6.65. The van der Waals surface area contributed by atoms with Crippen LogP contribution < -0.4 is 5.32 Å². The van der Waals surface area contributed by atoms with Crippen molar-refractivity contribution >= 4 is 12.0 Å². The molecule has 1 N–H and O–H groups in total. The number of fused-ring (bicyclic) bond motifs is 2. The Kier molecular flexibility index (Phi) is 8.00. The molecule has 2 bridgehead atoms. The van der Waals surface area contributed by atoms with Crippen LogP contribution in [0.4, 0.5) is 4.79 Å². The molecule has 24 heavy (non-hydrogen) atoms. The van der Waals surface area contributed by atoms with Gasteiger partial charge >= 0.3 is 6.09 Å². The molecule has 0 unspecified atom stereocenters.